The lowest BCUT2D eigenvalue weighted by Crippen LogP contribution is -2.21. The number of carbonyl (C=O) groups is 1. The molecule has 98 valence electrons. The van der Waals surface area contributed by atoms with E-state index < -0.39 is 12.2 Å². The number of aliphatic hydroxyl groups is 2. The number of carbonyl (C=O) groups excluding carboxylic acids is 1. The van der Waals surface area contributed by atoms with Crippen LogP contribution in [-0.4, -0.2) is 28.0 Å². The van der Waals surface area contributed by atoms with Gasteiger partial charge in [0.25, 0.3) is 0 Å². The number of hydrogen-bond donors (Lipinski definition) is 4. The van der Waals surface area contributed by atoms with Gasteiger partial charge in [0.15, 0.2) is 0 Å². The van der Waals surface area contributed by atoms with Gasteiger partial charge in [-0.3, -0.25) is 4.79 Å². The van der Waals surface area contributed by atoms with Crippen molar-refractivity contribution in [3.05, 3.63) is 29.3 Å². The third-order valence-electron chi connectivity index (χ3n) is 3.16. The molecule has 0 saturated carbocycles. The second-order valence-corrected chi connectivity index (χ2v) is 4.94. The summed E-state index contributed by atoms with van der Waals surface area (Å²) in [5.41, 5.74) is 2.48. The van der Waals surface area contributed by atoms with Crippen LogP contribution in [0.1, 0.15) is 30.1 Å². The highest BCUT2D eigenvalue weighted by Gasteiger charge is 2.20. The molecule has 1 heterocycles. The fraction of sp³-hybridized carbons (Fsp3) is 0.462. The maximum absolute atomic E-state index is 11.2. The smallest absolute Gasteiger partial charge is 0.224 e. The molecular formula is C13H17NO3S. The molecule has 2 rings (SSSR count). The fourth-order valence-electron chi connectivity index (χ4n) is 2.10. The number of nitrogens with one attached hydrogen (secondary N) is 1. The van der Waals surface area contributed by atoms with Gasteiger partial charge in [0.2, 0.25) is 5.91 Å². The SMILES string of the molecule is O=C1CCc2cc(C(O)C(O)CCS)ccc2N1. The third kappa shape index (κ3) is 2.85. The van der Waals surface area contributed by atoms with Crippen LogP contribution in [0.3, 0.4) is 0 Å². The average Bonchev–Trinajstić information content (AvgIpc) is 2.37. The van der Waals surface area contributed by atoms with Gasteiger partial charge in [0.05, 0.1) is 6.10 Å². The molecule has 5 heteroatoms. The van der Waals surface area contributed by atoms with Crippen molar-refractivity contribution >= 4 is 24.2 Å². The van der Waals surface area contributed by atoms with Crippen LogP contribution in [0, 0.1) is 0 Å². The lowest BCUT2D eigenvalue weighted by Gasteiger charge is -2.21. The van der Waals surface area contributed by atoms with E-state index in [-0.39, 0.29) is 5.91 Å². The topological polar surface area (TPSA) is 69.6 Å². The number of aliphatic hydroxyl groups excluding tert-OH is 2. The Morgan fingerprint density at radius 2 is 2.11 bits per heavy atom. The molecule has 1 aromatic rings. The van der Waals surface area contributed by atoms with E-state index in [0.717, 1.165) is 11.3 Å². The van der Waals surface area contributed by atoms with E-state index in [1.807, 2.05) is 6.07 Å². The normalized spacial score (nSPS) is 17.8. The first kappa shape index (κ1) is 13.4. The Labute approximate surface area is 111 Å². The van der Waals surface area contributed by atoms with Crippen molar-refractivity contribution in [1.29, 1.82) is 0 Å². The van der Waals surface area contributed by atoms with Gasteiger partial charge >= 0.3 is 0 Å². The number of anilines is 1. The minimum atomic E-state index is -0.903. The summed E-state index contributed by atoms with van der Waals surface area (Å²) in [7, 11) is 0. The van der Waals surface area contributed by atoms with Gasteiger partial charge in [-0.05, 0) is 35.8 Å². The van der Waals surface area contributed by atoms with Crippen LogP contribution < -0.4 is 5.32 Å². The summed E-state index contributed by atoms with van der Waals surface area (Å²) in [5.74, 6) is 0.546. The lowest BCUT2D eigenvalue weighted by molar-refractivity contribution is -0.116. The van der Waals surface area contributed by atoms with Crippen LogP contribution in [0.2, 0.25) is 0 Å². The zero-order valence-corrected chi connectivity index (χ0v) is 10.9. The molecule has 0 fully saturated rings. The van der Waals surface area contributed by atoms with E-state index in [1.54, 1.807) is 12.1 Å². The third-order valence-corrected chi connectivity index (χ3v) is 3.41. The second-order valence-electron chi connectivity index (χ2n) is 4.49. The van der Waals surface area contributed by atoms with Gasteiger partial charge in [-0.1, -0.05) is 12.1 Å². The van der Waals surface area contributed by atoms with Crippen LogP contribution in [0.15, 0.2) is 18.2 Å². The van der Waals surface area contributed by atoms with Crippen molar-refractivity contribution in [2.45, 2.75) is 31.5 Å². The summed E-state index contributed by atoms with van der Waals surface area (Å²) in [6.45, 7) is 0. The molecule has 1 aromatic carbocycles. The highest BCUT2D eigenvalue weighted by molar-refractivity contribution is 7.80. The molecule has 0 radical (unpaired) electrons. The molecule has 4 nitrogen and oxygen atoms in total. The van der Waals surface area contributed by atoms with Crippen molar-refractivity contribution in [2.24, 2.45) is 0 Å². The Morgan fingerprint density at radius 3 is 2.83 bits per heavy atom. The summed E-state index contributed by atoms with van der Waals surface area (Å²) in [5, 5.41) is 22.5. The molecule has 2 atom stereocenters. The number of hydrogen-bond acceptors (Lipinski definition) is 4. The molecule has 18 heavy (non-hydrogen) atoms. The summed E-state index contributed by atoms with van der Waals surface area (Å²) >= 11 is 4.04. The molecule has 3 N–H and O–H groups in total. The summed E-state index contributed by atoms with van der Waals surface area (Å²) in [4.78, 5) is 11.2. The maximum atomic E-state index is 11.2. The molecule has 0 saturated heterocycles. The van der Waals surface area contributed by atoms with Gasteiger partial charge in [0, 0.05) is 12.1 Å². The van der Waals surface area contributed by atoms with Crippen molar-refractivity contribution in [2.75, 3.05) is 11.1 Å². The number of benzene rings is 1. The Morgan fingerprint density at radius 1 is 1.33 bits per heavy atom. The highest BCUT2D eigenvalue weighted by atomic mass is 32.1. The van der Waals surface area contributed by atoms with Crippen LogP contribution in [0.4, 0.5) is 5.69 Å². The number of thiol groups is 1. The van der Waals surface area contributed by atoms with Gasteiger partial charge in [0.1, 0.15) is 6.10 Å². The standard InChI is InChI=1S/C13H17NO3S/c15-11(5-6-18)13(17)9-1-3-10-8(7-9)2-4-12(16)14-10/h1,3,7,11,13,15,17-18H,2,4-6H2,(H,14,16). The van der Waals surface area contributed by atoms with Crippen LogP contribution >= 0.6 is 12.6 Å². The Hall–Kier alpha value is -1.04. The molecular weight excluding hydrogens is 250 g/mol. The summed E-state index contributed by atoms with van der Waals surface area (Å²) < 4.78 is 0. The molecule has 0 aromatic heterocycles. The number of rotatable bonds is 4. The first-order valence-corrected chi connectivity index (χ1v) is 6.64. The Kier molecular flexibility index (Phi) is 4.27. The van der Waals surface area contributed by atoms with Gasteiger partial charge in [-0.2, -0.15) is 12.6 Å². The van der Waals surface area contributed by atoms with Gasteiger partial charge in [-0.15, -0.1) is 0 Å². The monoisotopic (exact) mass is 267 g/mol. The number of fused-ring (bicyclic) bond motifs is 1. The first-order valence-electron chi connectivity index (χ1n) is 6.01. The van der Waals surface area contributed by atoms with E-state index in [1.165, 1.54) is 0 Å². The molecule has 0 aliphatic carbocycles. The van der Waals surface area contributed by atoms with E-state index in [2.05, 4.69) is 17.9 Å². The molecule has 2 unspecified atom stereocenters. The average molecular weight is 267 g/mol. The van der Waals surface area contributed by atoms with E-state index >= 15 is 0 Å². The van der Waals surface area contributed by atoms with Gasteiger partial charge in [-0.25, -0.2) is 0 Å². The minimum Gasteiger partial charge on any atom is -0.390 e. The van der Waals surface area contributed by atoms with E-state index in [4.69, 9.17) is 0 Å². The Bertz CT molecular complexity index is 450. The largest absolute Gasteiger partial charge is 0.390 e. The quantitative estimate of drug-likeness (QED) is 0.621. The number of aryl methyl sites for hydroxylation is 1. The van der Waals surface area contributed by atoms with E-state index in [9.17, 15) is 15.0 Å². The summed E-state index contributed by atoms with van der Waals surface area (Å²) in [6.07, 6.45) is -0.132. The van der Waals surface area contributed by atoms with E-state index in [0.29, 0.717) is 30.6 Å². The molecule has 1 amide bonds. The second kappa shape index (κ2) is 5.73. The summed E-state index contributed by atoms with van der Waals surface area (Å²) in [6, 6.07) is 5.36. The van der Waals surface area contributed by atoms with Crippen LogP contribution in [0.25, 0.3) is 0 Å². The van der Waals surface area contributed by atoms with Gasteiger partial charge < -0.3 is 15.5 Å². The molecule has 1 aliphatic heterocycles. The predicted molar refractivity (Wildman–Crippen MR) is 72.8 cm³/mol. The number of amides is 1. The fourth-order valence-corrected chi connectivity index (χ4v) is 2.36. The molecule has 0 bridgehead atoms. The van der Waals surface area contributed by atoms with Crippen molar-refractivity contribution in [3.8, 4) is 0 Å². The highest BCUT2D eigenvalue weighted by Crippen LogP contribution is 2.27. The van der Waals surface area contributed by atoms with Crippen molar-refractivity contribution < 1.29 is 15.0 Å². The maximum Gasteiger partial charge on any atom is 0.224 e. The molecule has 1 aliphatic rings. The van der Waals surface area contributed by atoms with Crippen LogP contribution in [-0.2, 0) is 11.2 Å². The van der Waals surface area contributed by atoms with Crippen molar-refractivity contribution in [1.82, 2.24) is 0 Å². The van der Waals surface area contributed by atoms with Crippen molar-refractivity contribution in [3.63, 3.8) is 0 Å². The zero-order valence-electron chi connectivity index (χ0n) is 9.97. The lowest BCUT2D eigenvalue weighted by atomic mass is 9.96. The first-order chi connectivity index (χ1) is 8.61. The minimum absolute atomic E-state index is 0.0194. The zero-order chi connectivity index (χ0) is 13.1. The Balaban J connectivity index is 2.18. The predicted octanol–water partition coefficient (Wildman–Crippen LogP) is 1.29. The molecule has 0 spiro atoms. The van der Waals surface area contributed by atoms with Crippen LogP contribution in [0.5, 0.6) is 0 Å².